The summed E-state index contributed by atoms with van der Waals surface area (Å²) in [5.41, 5.74) is 1.58. The fraction of sp³-hybridized carbons (Fsp3) is 0.250. The lowest BCUT2D eigenvalue weighted by atomic mass is 10.2. The van der Waals surface area contributed by atoms with Crippen LogP contribution in [0.25, 0.3) is 11.4 Å². The van der Waals surface area contributed by atoms with Gasteiger partial charge in [0.15, 0.2) is 0 Å². The largest absolute Gasteiger partial charge is 0.471 e. The van der Waals surface area contributed by atoms with Crippen LogP contribution in [0.5, 0.6) is 0 Å². The van der Waals surface area contributed by atoms with Crippen LogP contribution in [-0.2, 0) is 22.7 Å². The topological polar surface area (TPSA) is 93.0 Å². The molecule has 1 aromatic heterocycles. The maximum absolute atomic E-state index is 12.7. The molecule has 3 rings (SSSR count). The third-order valence-corrected chi connectivity index (χ3v) is 4.27. The molecule has 2 amide bonds. The van der Waals surface area contributed by atoms with E-state index in [4.69, 9.17) is 0 Å². The Morgan fingerprint density at radius 2 is 1.84 bits per heavy atom. The monoisotopic (exact) mass is 432 g/mol. The quantitative estimate of drug-likeness (QED) is 0.620. The molecule has 162 valence electrons. The van der Waals surface area contributed by atoms with Crippen molar-refractivity contribution in [3.8, 4) is 11.4 Å². The van der Waals surface area contributed by atoms with Crippen LogP contribution in [0.4, 0.5) is 18.9 Å². The Labute approximate surface area is 175 Å². The maximum Gasteiger partial charge on any atom is 0.471 e. The fourth-order valence-electron chi connectivity index (χ4n) is 2.82. The van der Waals surface area contributed by atoms with Crippen molar-refractivity contribution in [2.45, 2.75) is 26.2 Å². The molecule has 0 aliphatic heterocycles. The molecule has 0 unspecified atom stereocenters. The minimum Gasteiger partial charge on any atom is -0.331 e. The molecule has 0 bridgehead atoms. The lowest BCUT2D eigenvalue weighted by Crippen LogP contribution is -2.40. The van der Waals surface area contributed by atoms with Crippen LogP contribution >= 0.6 is 0 Å². The molecule has 0 spiro atoms. The molecule has 1 N–H and O–H groups in total. The molecule has 0 aliphatic carbocycles. The van der Waals surface area contributed by atoms with Crippen LogP contribution in [-0.4, -0.2) is 49.6 Å². The number of amides is 2. The number of anilines is 1. The first-order valence-corrected chi connectivity index (χ1v) is 9.34. The predicted octanol–water partition coefficient (Wildman–Crippen LogP) is 2.89. The van der Waals surface area contributed by atoms with Crippen LogP contribution in [0.3, 0.4) is 0 Å². The van der Waals surface area contributed by atoms with Crippen molar-refractivity contribution in [1.82, 2.24) is 25.1 Å². The number of aromatic nitrogens is 4. The number of alkyl halides is 3. The normalized spacial score (nSPS) is 11.2. The van der Waals surface area contributed by atoms with Gasteiger partial charge in [0.1, 0.15) is 6.54 Å². The second-order valence-electron chi connectivity index (χ2n) is 6.58. The second kappa shape index (κ2) is 9.37. The Bertz CT molecular complexity index is 1050. The molecule has 0 radical (unpaired) electrons. The van der Waals surface area contributed by atoms with Crippen LogP contribution in [0.2, 0.25) is 0 Å². The highest BCUT2D eigenvalue weighted by molar-refractivity contribution is 5.90. The first-order chi connectivity index (χ1) is 14.8. The average Bonchev–Trinajstić information content (AvgIpc) is 3.20. The fourth-order valence-corrected chi connectivity index (χ4v) is 2.82. The molecule has 0 saturated carbocycles. The van der Waals surface area contributed by atoms with E-state index in [2.05, 4.69) is 20.7 Å². The SMILES string of the molecule is CCN(Cc1cccc(NC(=O)Cn2nnc(-c3ccccc3)n2)c1)C(=O)C(F)(F)F. The molecule has 2 aromatic carbocycles. The van der Waals surface area contributed by atoms with Crippen LogP contribution in [0.15, 0.2) is 54.6 Å². The summed E-state index contributed by atoms with van der Waals surface area (Å²) < 4.78 is 38.1. The molecule has 0 aliphatic rings. The summed E-state index contributed by atoms with van der Waals surface area (Å²) in [6, 6.07) is 15.4. The van der Waals surface area contributed by atoms with Crippen molar-refractivity contribution in [2.24, 2.45) is 0 Å². The summed E-state index contributed by atoms with van der Waals surface area (Å²) in [5, 5.41) is 14.6. The summed E-state index contributed by atoms with van der Waals surface area (Å²) in [4.78, 5) is 25.6. The van der Waals surface area contributed by atoms with E-state index in [0.717, 1.165) is 10.4 Å². The first-order valence-electron chi connectivity index (χ1n) is 9.34. The van der Waals surface area contributed by atoms with Gasteiger partial charge < -0.3 is 10.2 Å². The van der Waals surface area contributed by atoms with Gasteiger partial charge in [-0.1, -0.05) is 42.5 Å². The van der Waals surface area contributed by atoms with Gasteiger partial charge >= 0.3 is 12.1 Å². The second-order valence-corrected chi connectivity index (χ2v) is 6.58. The minimum atomic E-state index is -4.94. The lowest BCUT2D eigenvalue weighted by molar-refractivity contribution is -0.185. The molecule has 0 fully saturated rings. The molecule has 1 heterocycles. The molecule has 8 nitrogen and oxygen atoms in total. The average molecular weight is 432 g/mol. The number of nitrogens with zero attached hydrogens (tertiary/aromatic N) is 5. The van der Waals surface area contributed by atoms with Gasteiger partial charge in [0, 0.05) is 24.3 Å². The van der Waals surface area contributed by atoms with Gasteiger partial charge in [-0.2, -0.15) is 18.0 Å². The summed E-state index contributed by atoms with van der Waals surface area (Å²) in [6.45, 7) is 0.933. The number of hydrogen-bond donors (Lipinski definition) is 1. The predicted molar refractivity (Wildman–Crippen MR) is 105 cm³/mol. The number of rotatable bonds is 7. The van der Waals surface area contributed by atoms with Gasteiger partial charge in [0.05, 0.1) is 0 Å². The van der Waals surface area contributed by atoms with E-state index in [1.54, 1.807) is 18.2 Å². The van der Waals surface area contributed by atoms with Crippen LogP contribution in [0, 0.1) is 0 Å². The molecule has 3 aromatic rings. The number of carbonyl (C=O) groups is 2. The van der Waals surface area contributed by atoms with Crippen LogP contribution < -0.4 is 5.32 Å². The van der Waals surface area contributed by atoms with E-state index in [9.17, 15) is 22.8 Å². The highest BCUT2D eigenvalue weighted by Crippen LogP contribution is 2.21. The van der Waals surface area contributed by atoms with Gasteiger partial charge in [-0.15, -0.1) is 10.2 Å². The number of tetrazole rings is 1. The zero-order valence-corrected chi connectivity index (χ0v) is 16.5. The van der Waals surface area contributed by atoms with E-state index in [-0.39, 0.29) is 19.6 Å². The van der Waals surface area contributed by atoms with Gasteiger partial charge in [0.25, 0.3) is 0 Å². The van der Waals surface area contributed by atoms with Crippen molar-refractivity contribution in [3.05, 3.63) is 60.2 Å². The number of halogens is 3. The Balaban J connectivity index is 1.62. The van der Waals surface area contributed by atoms with Gasteiger partial charge in [-0.3, -0.25) is 9.59 Å². The van der Waals surface area contributed by atoms with E-state index in [1.165, 1.54) is 13.0 Å². The van der Waals surface area contributed by atoms with Gasteiger partial charge in [-0.05, 0) is 29.8 Å². The third kappa shape index (κ3) is 5.87. The van der Waals surface area contributed by atoms with Crippen LogP contribution in [0.1, 0.15) is 12.5 Å². The zero-order chi connectivity index (χ0) is 22.4. The van der Waals surface area contributed by atoms with Crippen molar-refractivity contribution in [1.29, 1.82) is 0 Å². The van der Waals surface area contributed by atoms with E-state index in [1.807, 2.05) is 30.3 Å². The van der Waals surface area contributed by atoms with Gasteiger partial charge in [-0.25, -0.2) is 0 Å². The van der Waals surface area contributed by atoms with Crippen molar-refractivity contribution in [3.63, 3.8) is 0 Å². The number of carbonyl (C=O) groups excluding carboxylic acids is 2. The summed E-state index contributed by atoms with van der Waals surface area (Å²) >= 11 is 0. The Morgan fingerprint density at radius 3 is 2.52 bits per heavy atom. The molecule has 31 heavy (non-hydrogen) atoms. The Hall–Kier alpha value is -3.76. The highest BCUT2D eigenvalue weighted by Gasteiger charge is 2.41. The van der Waals surface area contributed by atoms with E-state index < -0.39 is 18.0 Å². The summed E-state index contributed by atoms with van der Waals surface area (Å²) in [7, 11) is 0. The molecule has 0 atom stereocenters. The molecular weight excluding hydrogens is 413 g/mol. The summed E-state index contributed by atoms with van der Waals surface area (Å²) in [5.74, 6) is -1.96. The van der Waals surface area contributed by atoms with Crippen molar-refractivity contribution >= 4 is 17.5 Å². The number of nitrogens with one attached hydrogen (secondary N) is 1. The molecule has 0 saturated heterocycles. The number of benzene rings is 2. The maximum atomic E-state index is 12.7. The Morgan fingerprint density at radius 1 is 1.10 bits per heavy atom. The first kappa shape index (κ1) is 21.9. The Kier molecular flexibility index (Phi) is 6.63. The van der Waals surface area contributed by atoms with Gasteiger partial charge in [0.2, 0.25) is 11.7 Å². The van der Waals surface area contributed by atoms with Crippen molar-refractivity contribution in [2.75, 3.05) is 11.9 Å². The number of hydrogen-bond acceptors (Lipinski definition) is 5. The lowest BCUT2D eigenvalue weighted by Gasteiger charge is -2.22. The third-order valence-electron chi connectivity index (χ3n) is 4.27. The highest BCUT2D eigenvalue weighted by atomic mass is 19.4. The standard InChI is InChI=1S/C20H19F3N6O2/c1-2-28(19(31)20(21,22)23)12-14-7-6-10-16(11-14)24-17(30)13-29-26-18(25-27-29)15-8-4-3-5-9-15/h3-11H,2,12-13H2,1H3,(H,24,30). The van der Waals surface area contributed by atoms with E-state index >= 15 is 0 Å². The van der Waals surface area contributed by atoms with E-state index in [0.29, 0.717) is 22.0 Å². The minimum absolute atomic E-state index is 0.101. The molecule has 11 heteroatoms. The zero-order valence-electron chi connectivity index (χ0n) is 16.5. The molecular formula is C20H19F3N6O2. The smallest absolute Gasteiger partial charge is 0.331 e. The van der Waals surface area contributed by atoms with Crippen molar-refractivity contribution < 1.29 is 22.8 Å². The summed E-state index contributed by atoms with van der Waals surface area (Å²) in [6.07, 6.45) is -4.94.